The number of halogens is 2. The van der Waals surface area contributed by atoms with Crippen molar-refractivity contribution in [1.29, 1.82) is 0 Å². The van der Waals surface area contributed by atoms with Gasteiger partial charge in [0.15, 0.2) is 0 Å². The number of hydrogen-bond acceptors (Lipinski definition) is 2. The maximum atomic E-state index is 14.0. The van der Waals surface area contributed by atoms with Crippen LogP contribution in [0.15, 0.2) is 54.6 Å². The predicted octanol–water partition coefficient (Wildman–Crippen LogP) is 4.31. The lowest BCUT2D eigenvalue weighted by atomic mass is 9.59. The van der Waals surface area contributed by atoms with Crippen molar-refractivity contribution >= 4 is 29.1 Å². The van der Waals surface area contributed by atoms with Crippen LogP contribution < -0.4 is 10.6 Å². The van der Waals surface area contributed by atoms with Crippen molar-refractivity contribution in [2.45, 2.75) is 37.1 Å². The van der Waals surface area contributed by atoms with Gasteiger partial charge in [-0.05, 0) is 41.8 Å². The summed E-state index contributed by atoms with van der Waals surface area (Å²) in [6, 6.07) is 10.8. The molecule has 4 rings (SSSR count). The fourth-order valence-corrected chi connectivity index (χ4v) is 4.75. The van der Waals surface area contributed by atoms with E-state index in [0.29, 0.717) is 22.7 Å². The highest BCUT2D eigenvalue weighted by atomic mass is 35.5. The van der Waals surface area contributed by atoms with Crippen LogP contribution in [0.25, 0.3) is 0 Å². The Morgan fingerprint density at radius 3 is 2.79 bits per heavy atom. The van der Waals surface area contributed by atoms with Crippen LogP contribution >= 0.6 is 11.6 Å². The smallest absolute Gasteiger partial charge is 0.238 e. The number of piperidine rings is 1. The molecule has 0 radical (unpaired) electrons. The van der Waals surface area contributed by atoms with Gasteiger partial charge in [-0.3, -0.25) is 9.59 Å². The Bertz CT molecular complexity index is 1010. The molecule has 0 aromatic heterocycles. The Labute approximate surface area is 167 Å². The van der Waals surface area contributed by atoms with Crippen LogP contribution in [0, 0.1) is 5.82 Å². The molecule has 2 aliphatic heterocycles. The van der Waals surface area contributed by atoms with Gasteiger partial charge < -0.3 is 10.6 Å². The average Bonchev–Trinajstić information content (AvgIpc) is 2.94. The number of fused-ring (bicyclic) bond motifs is 2. The number of nitrogens with one attached hydrogen (secondary N) is 2. The van der Waals surface area contributed by atoms with Gasteiger partial charge in [-0.15, -0.1) is 0 Å². The SMILES string of the molecule is C=C(CC)[C@H]1NC(=O)C[C@@H](c2cccc(F)c2)[C@]12C(=O)Nc1cc(Cl)ccc12. The molecular weight excluding hydrogens is 379 g/mol. The summed E-state index contributed by atoms with van der Waals surface area (Å²) in [5, 5.41) is 6.41. The van der Waals surface area contributed by atoms with Gasteiger partial charge in [-0.1, -0.05) is 48.9 Å². The summed E-state index contributed by atoms with van der Waals surface area (Å²) in [5.41, 5.74) is 1.60. The number of anilines is 1. The zero-order valence-corrected chi connectivity index (χ0v) is 16.1. The third-order valence-electron chi connectivity index (χ3n) is 5.86. The summed E-state index contributed by atoms with van der Waals surface area (Å²) in [6.45, 7) is 6.06. The van der Waals surface area contributed by atoms with Crippen molar-refractivity contribution in [1.82, 2.24) is 5.32 Å². The third kappa shape index (κ3) is 2.65. The number of rotatable bonds is 3. The van der Waals surface area contributed by atoms with Crippen molar-refractivity contribution < 1.29 is 14.0 Å². The monoisotopic (exact) mass is 398 g/mol. The molecule has 0 unspecified atom stereocenters. The van der Waals surface area contributed by atoms with Crippen LogP contribution in [-0.2, 0) is 15.0 Å². The molecule has 28 heavy (non-hydrogen) atoms. The molecule has 1 spiro atoms. The second-order valence-electron chi connectivity index (χ2n) is 7.34. The van der Waals surface area contributed by atoms with E-state index in [0.717, 1.165) is 11.1 Å². The highest BCUT2D eigenvalue weighted by Crippen LogP contribution is 2.54. The van der Waals surface area contributed by atoms with Gasteiger partial charge in [-0.2, -0.15) is 0 Å². The zero-order chi connectivity index (χ0) is 20.1. The molecule has 2 amide bonds. The van der Waals surface area contributed by atoms with Crippen LogP contribution in [0.4, 0.5) is 10.1 Å². The summed E-state index contributed by atoms with van der Waals surface area (Å²) in [6.07, 6.45) is 0.672. The van der Waals surface area contributed by atoms with Gasteiger partial charge in [0, 0.05) is 23.0 Å². The quantitative estimate of drug-likeness (QED) is 0.757. The molecule has 144 valence electrons. The van der Waals surface area contributed by atoms with E-state index in [9.17, 15) is 14.0 Å². The standard InChI is InChI=1S/C22H20ClFN2O2/c1-3-12(2)20-22(16-8-7-14(23)10-18(16)25-21(22)28)17(11-19(27)26-20)13-5-4-6-15(24)9-13/h4-10,17,20H,2-3,11H2,1H3,(H,25,28)(H,26,27)/t17-,20+,22-/m0/s1. The van der Waals surface area contributed by atoms with Gasteiger partial charge >= 0.3 is 0 Å². The Balaban J connectivity index is 2.01. The fourth-order valence-electron chi connectivity index (χ4n) is 4.57. The minimum atomic E-state index is -1.12. The maximum absolute atomic E-state index is 14.0. The van der Waals surface area contributed by atoms with Crippen LogP contribution in [0.5, 0.6) is 0 Å². The number of benzene rings is 2. The Hall–Kier alpha value is -2.66. The minimum absolute atomic E-state index is 0.0758. The van der Waals surface area contributed by atoms with E-state index in [1.807, 2.05) is 13.0 Å². The molecular formula is C22H20ClFN2O2. The van der Waals surface area contributed by atoms with Crippen LogP contribution in [0.2, 0.25) is 5.02 Å². The van der Waals surface area contributed by atoms with Gasteiger partial charge in [0.25, 0.3) is 0 Å². The predicted molar refractivity (Wildman–Crippen MR) is 107 cm³/mol. The lowest BCUT2D eigenvalue weighted by molar-refractivity contribution is -0.130. The summed E-state index contributed by atoms with van der Waals surface area (Å²) in [4.78, 5) is 26.1. The second-order valence-corrected chi connectivity index (χ2v) is 7.77. The van der Waals surface area contributed by atoms with E-state index >= 15 is 0 Å². The molecule has 0 saturated carbocycles. The second kappa shape index (κ2) is 6.74. The first-order valence-corrected chi connectivity index (χ1v) is 9.59. The topological polar surface area (TPSA) is 58.2 Å². The highest BCUT2D eigenvalue weighted by Gasteiger charge is 2.61. The normalized spacial score (nSPS) is 26.0. The Kier molecular flexibility index (Phi) is 4.50. The molecule has 0 bridgehead atoms. The summed E-state index contributed by atoms with van der Waals surface area (Å²) >= 11 is 6.13. The first kappa shape index (κ1) is 18.7. The van der Waals surface area contributed by atoms with E-state index < -0.39 is 23.2 Å². The fraction of sp³-hybridized carbons (Fsp3) is 0.273. The largest absolute Gasteiger partial charge is 0.348 e. The molecule has 3 atom stereocenters. The molecule has 2 aromatic carbocycles. The van der Waals surface area contributed by atoms with Gasteiger partial charge in [-0.25, -0.2) is 4.39 Å². The van der Waals surface area contributed by atoms with Crippen molar-refractivity contribution in [3.63, 3.8) is 0 Å². The van der Waals surface area contributed by atoms with Crippen molar-refractivity contribution in [2.75, 3.05) is 5.32 Å². The Morgan fingerprint density at radius 1 is 1.29 bits per heavy atom. The number of amides is 2. The first-order valence-electron chi connectivity index (χ1n) is 9.22. The van der Waals surface area contributed by atoms with Crippen LogP contribution in [0.1, 0.15) is 36.8 Å². The maximum Gasteiger partial charge on any atom is 0.238 e. The first-order chi connectivity index (χ1) is 13.4. The molecule has 4 nitrogen and oxygen atoms in total. The number of hydrogen-bond donors (Lipinski definition) is 2. The lowest BCUT2D eigenvalue weighted by Crippen LogP contribution is -2.62. The van der Waals surface area contributed by atoms with Crippen LogP contribution in [-0.4, -0.2) is 17.9 Å². The molecule has 1 saturated heterocycles. The zero-order valence-electron chi connectivity index (χ0n) is 15.4. The van der Waals surface area contributed by atoms with E-state index in [2.05, 4.69) is 17.2 Å². The lowest BCUT2D eigenvalue weighted by Gasteiger charge is -2.47. The summed E-state index contributed by atoms with van der Waals surface area (Å²) < 4.78 is 14.0. The van der Waals surface area contributed by atoms with Gasteiger partial charge in [0.2, 0.25) is 11.8 Å². The van der Waals surface area contributed by atoms with E-state index in [1.165, 1.54) is 12.1 Å². The van der Waals surface area contributed by atoms with Crippen LogP contribution in [0.3, 0.4) is 0 Å². The molecule has 2 heterocycles. The third-order valence-corrected chi connectivity index (χ3v) is 6.10. The highest BCUT2D eigenvalue weighted by molar-refractivity contribution is 6.31. The van der Waals surface area contributed by atoms with Crippen molar-refractivity contribution in [3.05, 3.63) is 76.6 Å². The molecule has 0 aliphatic carbocycles. The van der Waals surface area contributed by atoms with Crippen molar-refractivity contribution in [3.8, 4) is 0 Å². The average molecular weight is 399 g/mol. The van der Waals surface area contributed by atoms with E-state index in [1.54, 1.807) is 24.3 Å². The van der Waals surface area contributed by atoms with Gasteiger partial charge in [0.1, 0.15) is 11.2 Å². The Morgan fingerprint density at radius 2 is 2.07 bits per heavy atom. The van der Waals surface area contributed by atoms with E-state index in [4.69, 9.17) is 11.6 Å². The van der Waals surface area contributed by atoms with E-state index in [-0.39, 0.29) is 18.2 Å². The van der Waals surface area contributed by atoms with Gasteiger partial charge in [0.05, 0.1) is 6.04 Å². The summed E-state index contributed by atoms with van der Waals surface area (Å²) in [7, 11) is 0. The molecule has 2 aliphatic rings. The number of carbonyl (C=O) groups is 2. The molecule has 2 N–H and O–H groups in total. The molecule has 1 fully saturated rings. The molecule has 6 heteroatoms. The summed E-state index contributed by atoms with van der Waals surface area (Å²) in [5.74, 6) is -1.36. The number of carbonyl (C=O) groups excluding carboxylic acids is 2. The molecule has 2 aromatic rings. The minimum Gasteiger partial charge on any atom is -0.348 e. The van der Waals surface area contributed by atoms with Crippen molar-refractivity contribution in [2.24, 2.45) is 0 Å².